The molecule has 0 spiro atoms. The number of amides is 5. The minimum Gasteiger partial charge on any atom is -0.356 e. The second-order valence-electron chi connectivity index (χ2n) is 13.4. The predicted molar refractivity (Wildman–Crippen MR) is 204 cm³/mol. The minimum atomic E-state index is -0.288. The van der Waals surface area contributed by atoms with Crippen molar-refractivity contribution in [2.75, 3.05) is 18.4 Å². The van der Waals surface area contributed by atoms with Crippen molar-refractivity contribution in [1.29, 1.82) is 0 Å². The molecule has 2 N–H and O–H groups in total. The Kier molecular flexibility index (Phi) is 10.9. The van der Waals surface area contributed by atoms with Crippen molar-refractivity contribution >= 4 is 40.3 Å². The van der Waals surface area contributed by atoms with Crippen LogP contribution in [0.15, 0.2) is 102 Å². The zero-order chi connectivity index (χ0) is 37.4. The van der Waals surface area contributed by atoms with E-state index in [1.54, 1.807) is 29.6 Å². The molecule has 0 saturated carbocycles. The normalized spacial score (nSPS) is 13.5. The molecule has 5 amide bonds. The molecule has 3 aromatic heterocycles. The lowest BCUT2D eigenvalue weighted by molar-refractivity contribution is -0.137. The summed E-state index contributed by atoms with van der Waals surface area (Å²) in [5.74, 6) is -0.635. The standard InChI is InChI=1S/C41H40N8O5/c50-37(8-2-1-4-21-48-38(51)15-16-39(48)52)44-18-3-5-22-49-40(53)34(30-10-9-28-7-6-19-43-35(28)23-30)24-36(46-49)29-11-13-33(14-12-29)45-41(54)47-26-31-17-20-42-25-32(31)27-47/h6-7,9-17,19-20,23-25H,1-5,8,18,21-22,26-27H2,(H,44,50)(H,45,54). The van der Waals surface area contributed by atoms with Crippen molar-refractivity contribution in [3.8, 4) is 22.4 Å². The molecule has 0 unspecified atom stereocenters. The monoisotopic (exact) mass is 724 g/mol. The average Bonchev–Trinajstić information content (AvgIpc) is 3.77. The SMILES string of the molecule is O=C(CCCCCN1C(=O)C=CC1=O)NCCCCn1nc(-c2ccc(NC(=O)N3Cc4ccncc4C3)cc2)cc(-c2ccc3cccnc3c2)c1=O. The van der Waals surface area contributed by atoms with E-state index in [4.69, 9.17) is 5.10 Å². The van der Waals surface area contributed by atoms with Gasteiger partial charge >= 0.3 is 6.03 Å². The average molecular weight is 725 g/mol. The summed E-state index contributed by atoms with van der Waals surface area (Å²) in [7, 11) is 0. The number of aromatic nitrogens is 4. The fourth-order valence-electron chi connectivity index (χ4n) is 6.65. The zero-order valence-corrected chi connectivity index (χ0v) is 29.7. The van der Waals surface area contributed by atoms with Crippen molar-refractivity contribution in [3.63, 3.8) is 0 Å². The molecule has 13 heteroatoms. The van der Waals surface area contributed by atoms with Crippen LogP contribution < -0.4 is 16.2 Å². The highest BCUT2D eigenvalue weighted by Gasteiger charge is 2.24. The number of aryl methyl sites for hydroxylation is 1. The van der Waals surface area contributed by atoms with E-state index in [1.807, 2.05) is 60.7 Å². The number of anilines is 1. The summed E-state index contributed by atoms with van der Waals surface area (Å²) in [6, 6.07) is 20.5. The van der Waals surface area contributed by atoms with Gasteiger partial charge in [0.2, 0.25) is 5.91 Å². The molecular formula is C41H40N8O5. The molecule has 2 aromatic carbocycles. The van der Waals surface area contributed by atoms with Crippen LogP contribution in [0, 0.1) is 0 Å². The number of hydrogen-bond donors (Lipinski definition) is 2. The number of unbranched alkanes of at least 4 members (excludes halogenated alkanes) is 3. The first-order valence-corrected chi connectivity index (χ1v) is 18.2. The van der Waals surface area contributed by atoms with Crippen molar-refractivity contribution in [2.45, 2.75) is 58.2 Å². The van der Waals surface area contributed by atoms with Crippen LogP contribution in [0.4, 0.5) is 10.5 Å². The highest BCUT2D eigenvalue weighted by atomic mass is 16.2. The summed E-state index contributed by atoms with van der Waals surface area (Å²) in [5, 5.41) is 11.6. The summed E-state index contributed by atoms with van der Waals surface area (Å²) in [6.07, 6.45) is 11.5. The molecule has 13 nitrogen and oxygen atoms in total. The molecule has 0 aliphatic carbocycles. The first kappa shape index (κ1) is 35.9. The molecular weight excluding hydrogens is 685 g/mol. The molecule has 2 aliphatic rings. The van der Waals surface area contributed by atoms with Gasteiger partial charge in [-0.15, -0.1) is 0 Å². The summed E-state index contributed by atoms with van der Waals surface area (Å²) in [4.78, 5) is 74.2. The van der Waals surface area contributed by atoms with Gasteiger partial charge in [0, 0.05) is 86.5 Å². The molecule has 5 heterocycles. The first-order valence-electron chi connectivity index (χ1n) is 18.2. The van der Waals surface area contributed by atoms with Gasteiger partial charge in [-0.3, -0.25) is 34.0 Å². The maximum absolute atomic E-state index is 13.8. The van der Waals surface area contributed by atoms with E-state index in [0.29, 0.717) is 81.8 Å². The molecule has 7 rings (SSSR count). The van der Waals surface area contributed by atoms with Crippen LogP contribution in [0.25, 0.3) is 33.3 Å². The lowest BCUT2D eigenvalue weighted by Crippen LogP contribution is -2.30. The van der Waals surface area contributed by atoms with Gasteiger partial charge in [-0.1, -0.05) is 36.8 Å². The second kappa shape index (κ2) is 16.4. The Balaban J connectivity index is 0.975. The molecule has 0 bridgehead atoms. The van der Waals surface area contributed by atoms with E-state index < -0.39 is 0 Å². The largest absolute Gasteiger partial charge is 0.356 e. The third kappa shape index (κ3) is 8.41. The molecule has 5 aromatic rings. The van der Waals surface area contributed by atoms with E-state index in [0.717, 1.165) is 39.6 Å². The van der Waals surface area contributed by atoms with Gasteiger partial charge < -0.3 is 15.5 Å². The highest BCUT2D eigenvalue weighted by Crippen LogP contribution is 2.27. The number of rotatable bonds is 14. The van der Waals surface area contributed by atoms with Gasteiger partial charge in [-0.2, -0.15) is 5.10 Å². The number of nitrogens with one attached hydrogen (secondary N) is 2. The third-order valence-corrected chi connectivity index (χ3v) is 9.64. The van der Waals surface area contributed by atoms with Crippen LogP contribution in [0.2, 0.25) is 0 Å². The number of fused-ring (bicyclic) bond motifs is 2. The number of carbonyl (C=O) groups excluding carboxylic acids is 4. The van der Waals surface area contributed by atoms with Crippen molar-refractivity contribution in [1.82, 2.24) is 34.9 Å². The van der Waals surface area contributed by atoms with Crippen LogP contribution in [0.3, 0.4) is 0 Å². The number of nitrogens with zero attached hydrogens (tertiary/aromatic N) is 6. The Labute approximate surface area is 311 Å². The predicted octanol–water partition coefficient (Wildman–Crippen LogP) is 5.45. The van der Waals surface area contributed by atoms with Crippen molar-refractivity contribution in [3.05, 3.63) is 119 Å². The number of carbonyl (C=O) groups is 4. The summed E-state index contributed by atoms with van der Waals surface area (Å²) < 4.78 is 1.48. The molecule has 0 saturated heterocycles. The van der Waals surface area contributed by atoms with Crippen LogP contribution in [-0.2, 0) is 34.0 Å². The summed E-state index contributed by atoms with van der Waals surface area (Å²) >= 11 is 0. The maximum Gasteiger partial charge on any atom is 0.322 e. The van der Waals surface area contributed by atoms with Crippen LogP contribution in [0.1, 0.15) is 49.7 Å². The van der Waals surface area contributed by atoms with Crippen LogP contribution in [-0.4, -0.2) is 66.4 Å². The smallest absolute Gasteiger partial charge is 0.322 e. The van der Waals surface area contributed by atoms with E-state index in [-0.39, 0.29) is 29.3 Å². The lowest BCUT2D eigenvalue weighted by Gasteiger charge is -2.16. The maximum atomic E-state index is 13.8. The van der Waals surface area contributed by atoms with Gasteiger partial charge in [0.1, 0.15) is 0 Å². The number of pyridine rings is 2. The number of hydrogen-bond acceptors (Lipinski definition) is 8. The van der Waals surface area contributed by atoms with Crippen LogP contribution >= 0.6 is 0 Å². The Morgan fingerprint density at radius 2 is 1.54 bits per heavy atom. The van der Waals surface area contributed by atoms with Gasteiger partial charge in [-0.25, -0.2) is 9.48 Å². The van der Waals surface area contributed by atoms with E-state index >= 15 is 0 Å². The zero-order valence-electron chi connectivity index (χ0n) is 29.7. The molecule has 0 atom stereocenters. The quantitative estimate of drug-likeness (QED) is 0.113. The molecule has 274 valence electrons. The van der Waals surface area contributed by atoms with Crippen molar-refractivity contribution < 1.29 is 19.2 Å². The topological polar surface area (TPSA) is 159 Å². The highest BCUT2D eigenvalue weighted by molar-refractivity contribution is 6.12. The number of benzene rings is 2. The van der Waals surface area contributed by atoms with Gasteiger partial charge in [0.15, 0.2) is 0 Å². The molecule has 54 heavy (non-hydrogen) atoms. The fourth-order valence-corrected chi connectivity index (χ4v) is 6.65. The Morgan fingerprint density at radius 3 is 2.35 bits per heavy atom. The Bertz CT molecular complexity index is 2260. The van der Waals surface area contributed by atoms with E-state index in [9.17, 15) is 24.0 Å². The molecule has 2 aliphatic heterocycles. The number of urea groups is 1. The molecule has 0 fully saturated rings. The van der Waals surface area contributed by atoms with Gasteiger partial charge in [0.25, 0.3) is 17.4 Å². The number of imide groups is 1. The van der Waals surface area contributed by atoms with E-state index in [2.05, 4.69) is 20.6 Å². The first-order chi connectivity index (χ1) is 26.3. The van der Waals surface area contributed by atoms with Crippen LogP contribution in [0.5, 0.6) is 0 Å². The molecule has 0 radical (unpaired) electrons. The van der Waals surface area contributed by atoms with E-state index in [1.165, 1.54) is 21.7 Å². The Morgan fingerprint density at radius 1 is 0.759 bits per heavy atom. The van der Waals surface area contributed by atoms with Gasteiger partial charge in [0.05, 0.1) is 16.8 Å². The van der Waals surface area contributed by atoms with Gasteiger partial charge in [-0.05, 0) is 78.8 Å². The minimum absolute atomic E-state index is 0.0584. The Hall–Kier alpha value is -6.50. The summed E-state index contributed by atoms with van der Waals surface area (Å²) in [5.41, 5.74) is 5.95. The fraction of sp³-hybridized carbons (Fsp3) is 0.268. The summed E-state index contributed by atoms with van der Waals surface area (Å²) in [6.45, 7) is 2.21. The lowest BCUT2D eigenvalue weighted by atomic mass is 10.0. The third-order valence-electron chi connectivity index (χ3n) is 9.64. The van der Waals surface area contributed by atoms with Crippen molar-refractivity contribution in [2.24, 2.45) is 0 Å². The second-order valence-corrected chi connectivity index (χ2v) is 13.4.